The summed E-state index contributed by atoms with van der Waals surface area (Å²) in [5.41, 5.74) is 1.60. The number of benzene rings is 1. The summed E-state index contributed by atoms with van der Waals surface area (Å²) in [6, 6.07) is 14.5. The minimum atomic E-state index is -0.758. The minimum absolute atomic E-state index is 0.105. The van der Waals surface area contributed by atoms with Gasteiger partial charge in [0, 0.05) is 28.9 Å². The number of rotatable bonds is 9. The van der Waals surface area contributed by atoms with Gasteiger partial charge in [-0.3, -0.25) is 14.6 Å². The molecule has 7 heteroatoms. The quantitative estimate of drug-likeness (QED) is 0.506. The van der Waals surface area contributed by atoms with E-state index in [1.807, 2.05) is 53.9 Å². The lowest BCUT2D eigenvalue weighted by molar-refractivity contribution is -0.141. The Morgan fingerprint density at radius 2 is 1.88 bits per heavy atom. The van der Waals surface area contributed by atoms with E-state index in [1.165, 1.54) is 0 Å². The second-order valence-electron chi connectivity index (χ2n) is 8.26. The number of pyridine rings is 1. The first-order valence-corrected chi connectivity index (χ1v) is 12.2. The zero-order valence-electron chi connectivity index (χ0n) is 18.8. The van der Waals surface area contributed by atoms with E-state index in [4.69, 9.17) is 4.74 Å². The van der Waals surface area contributed by atoms with Crippen molar-refractivity contribution in [1.82, 2.24) is 15.2 Å². The van der Waals surface area contributed by atoms with Crippen molar-refractivity contribution in [2.24, 2.45) is 0 Å². The maximum absolute atomic E-state index is 13.7. The molecule has 2 amide bonds. The third-order valence-electron chi connectivity index (χ3n) is 6.04. The van der Waals surface area contributed by atoms with E-state index in [9.17, 15) is 9.59 Å². The summed E-state index contributed by atoms with van der Waals surface area (Å²) in [5, 5.41) is 5.16. The van der Waals surface area contributed by atoms with Gasteiger partial charge in [0.25, 0.3) is 0 Å². The molecule has 0 bridgehead atoms. The summed E-state index contributed by atoms with van der Waals surface area (Å²) in [6.07, 6.45) is 7.76. The Bertz CT molecular complexity index is 1050. The van der Waals surface area contributed by atoms with Crippen LogP contribution in [0.25, 0.3) is 0 Å². The molecule has 0 spiro atoms. The van der Waals surface area contributed by atoms with Gasteiger partial charge in [0.05, 0.1) is 20.1 Å². The summed E-state index contributed by atoms with van der Waals surface area (Å²) in [4.78, 5) is 34.1. The predicted octanol–water partition coefficient (Wildman–Crippen LogP) is 4.52. The Balaban J connectivity index is 1.70. The van der Waals surface area contributed by atoms with Gasteiger partial charge < -0.3 is 15.0 Å². The molecule has 0 saturated heterocycles. The molecule has 1 aliphatic carbocycles. The van der Waals surface area contributed by atoms with Crippen LogP contribution in [0.15, 0.2) is 66.3 Å². The molecule has 1 fully saturated rings. The van der Waals surface area contributed by atoms with E-state index in [1.54, 1.807) is 35.7 Å². The molecule has 0 unspecified atom stereocenters. The molecule has 172 valence electrons. The number of thiophene rings is 1. The van der Waals surface area contributed by atoms with Crippen LogP contribution in [-0.2, 0) is 22.6 Å². The summed E-state index contributed by atoms with van der Waals surface area (Å²) < 4.78 is 5.54. The van der Waals surface area contributed by atoms with E-state index in [2.05, 4.69) is 10.3 Å². The highest BCUT2D eigenvalue weighted by atomic mass is 32.1. The van der Waals surface area contributed by atoms with Gasteiger partial charge in [-0.2, -0.15) is 0 Å². The monoisotopic (exact) mass is 463 g/mol. The van der Waals surface area contributed by atoms with Crippen molar-refractivity contribution in [3.63, 3.8) is 0 Å². The fourth-order valence-electron chi connectivity index (χ4n) is 4.37. The number of ether oxygens (including phenoxy) is 1. The Labute approximate surface area is 198 Å². The molecule has 6 nitrogen and oxygen atoms in total. The van der Waals surface area contributed by atoms with Crippen LogP contribution in [0.1, 0.15) is 47.7 Å². The minimum Gasteiger partial charge on any atom is -0.496 e. The Hall–Kier alpha value is -3.19. The number of aromatic nitrogens is 1. The topological polar surface area (TPSA) is 71.5 Å². The van der Waals surface area contributed by atoms with Crippen LogP contribution >= 0.6 is 11.3 Å². The second-order valence-corrected chi connectivity index (χ2v) is 9.29. The molecule has 2 heterocycles. The molecule has 1 atom stereocenters. The van der Waals surface area contributed by atoms with Crippen LogP contribution in [0, 0.1) is 0 Å². The molecule has 2 aromatic heterocycles. The number of carbonyl (C=O) groups excluding carboxylic acids is 2. The highest BCUT2D eigenvalue weighted by molar-refractivity contribution is 7.10. The fourth-order valence-corrected chi connectivity index (χ4v) is 5.07. The lowest BCUT2D eigenvalue weighted by atomic mass is 10.0. The predicted molar refractivity (Wildman–Crippen MR) is 129 cm³/mol. The van der Waals surface area contributed by atoms with Gasteiger partial charge in [-0.25, -0.2) is 0 Å². The van der Waals surface area contributed by atoms with Gasteiger partial charge in [-0.15, -0.1) is 11.3 Å². The van der Waals surface area contributed by atoms with Gasteiger partial charge >= 0.3 is 0 Å². The molecular formula is C26H29N3O3S. The molecule has 1 saturated carbocycles. The zero-order chi connectivity index (χ0) is 23.0. The lowest BCUT2D eigenvalue weighted by Gasteiger charge is -2.32. The molecule has 0 aliphatic heterocycles. The van der Waals surface area contributed by atoms with E-state index < -0.39 is 6.04 Å². The summed E-state index contributed by atoms with van der Waals surface area (Å²) in [7, 11) is 1.61. The van der Waals surface area contributed by atoms with Crippen LogP contribution in [0.5, 0.6) is 5.75 Å². The summed E-state index contributed by atoms with van der Waals surface area (Å²) in [5.74, 6) is 0.436. The van der Waals surface area contributed by atoms with Crippen LogP contribution < -0.4 is 10.1 Å². The largest absolute Gasteiger partial charge is 0.496 e. The van der Waals surface area contributed by atoms with Gasteiger partial charge in [0.1, 0.15) is 11.8 Å². The van der Waals surface area contributed by atoms with Crippen LogP contribution in [0.4, 0.5) is 0 Å². The van der Waals surface area contributed by atoms with E-state index >= 15 is 0 Å². The van der Waals surface area contributed by atoms with Gasteiger partial charge in [0.2, 0.25) is 11.8 Å². The number of nitrogens with zero attached hydrogens (tertiary/aromatic N) is 2. The average Bonchev–Trinajstić information content (AvgIpc) is 3.54. The molecule has 1 aliphatic rings. The van der Waals surface area contributed by atoms with Crippen molar-refractivity contribution in [3.8, 4) is 5.75 Å². The SMILES string of the molecule is COc1ccccc1CN(C(=O)Cc1cccs1)[C@H](C(=O)NC1CCCC1)c1ccncc1. The number of para-hydroxylation sites is 1. The molecule has 33 heavy (non-hydrogen) atoms. The fraction of sp³-hybridized carbons (Fsp3) is 0.346. The highest BCUT2D eigenvalue weighted by Crippen LogP contribution is 2.29. The zero-order valence-corrected chi connectivity index (χ0v) is 19.6. The molecular weight excluding hydrogens is 434 g/mol. The first-order valence-electron chi connectivity index (χ1n) is 11.3. The molecule has 4 rings (SSSR count). The molecule has 3 aromatic rings. The molecule has 0 radical (unpaired) electrons. The normalized spacial score (nSPS) is 14.6. The Kier molecular flexibility index (Phi) is 7.73. The first kappa shape index (κ1) is 23.0. The molecule has 1 N–H and O–H groups in total. The number of nitrogens with one attached hydrogen (secondary N) is 1. The average molecular weight is 464 g/mol. The number of methoxy groups -OCH3 is 1. The van der Waals surface area contributed by atoms with Gasteiger partial charge in [-0.1, -0.05) is 37.1 Å². The van der Waals surface area contributed by atoms with Crippen molar-refractivity contribution in [1.29, 1.82) is 0 Å². The Morgan fingerprint density at radius 1 is 1.12 bits per heavy atom. The van der Waals surface area contributed by atoms with Crippen LogP contribution in [-0.4, -0.2) is 34.8 Å². The standard InChI is InChI=1S/C26H29N3O3S/c1-32-23-11-5-2-7-20(23)18-29(24(30)17-22-10-6-16-33-22)25(19-12-14-27-15-13-19)26(31)28-21-8-3-4-9-21/h2,5-7,10-16,21,25H,3-4,8-9,17-18H2,1H3,(H,28,31)/t25-/m0/s1. The Morgan fingerprint density at radius 3 is 2.58 bits per heavy atom. The van der Waals surface area contributed by atoms with Crippen LogP contribution in [0.2, 0.25) is 0 Å². The number of carbonyl (C=O) groups is 2. The van der Waals surface area contributed by atoms with Crippen LogP contribution in [0.3, 0.4) is 0 Å². The lowest BCUT2D eigenvalue weighted by Crippen LogP contribution is -2.46. The van der Waals surface area contributed by atoms with E-state index in [0.717, 1.165) is 41.7 Å². The maximum Gasteiger partial charge on any atom is 0.247 e. The van der Waals surface area contributed by atoms with Crippen molar-refractivity contribution >= 4 is 23.2 Å². The first-order chi connectivity index (χ1) is 16.2. The molecule has 1 aromatic carbocycles. The van der Waals surface area contributed by atoms with Gasteiger partial charge in [0.15, 0.2) is 0 Å². The number of hydrogen-bond acceptors (Lipinski definition) is 5. The van der Waals surface area contributed by atoms with Crippen molar-refractivity contribution in [2.75, 3.05) is 7.11 Å². The third-order valence-corrected chi connectivity index (χ3v) is 6.92. The third kappa shape index (κ3) is 5.79. The van der Waals surface area contributed by atoms with Crippen molar-refractivity contribution in [2.45, 2.75) is 50.7 Å². The van der Waals surface area contributed by atoms with E-state index in [0.29, 0.717) is 5.75 Å². The summed E-state index contributed by atoms with van der Waals surface area (Å²) in [6.45, 7) is 0.263. The highest BCUT2D eigenvalue weighted by Gasteiger charge is 2.33. The summed E-state index contributed by atoms with van der Waals surface area (Å²) >= 11 is 1.54. The smallest absolute Gasteiger partial charge is 0.247 e. The van der Waals surface area contributed by atoms with Crippen molar-refractivity contribution < 1.29 is 14.3 Å². The number of amides is 2. The maximum atomic E-state index is 13.7. The number of hydrogen-bond donors (Lipinski definition) is 1. The van der Waals surface area contributed by atoms with E-state index in [-0.39, 0.29) is 30.8 Å². The van der Waals surface area contributed by atoms with Gasteiger partial charge in [-0.05, 0) is 48.1 Å². The van der Waals surface area contributed by atoms with Crippen molar-refractivity contribution in [3.05, 3.63) is 82.3 Å². The second kappa shape index (κ2) is 11.1.